The van der Waals surface area contributed by atoms with Crippen LogP contribution in [0.3, 0.4) is 0 Å². The highest BCUT2D eigenvalue weighted by atomic mass is 15.4. The predicted octanol–water partition coefficient (Wildman–Crippen LogP) is 4.26. The van der Waals surface area contributed by atoms with Gasteiger partial charge < -0.3 is 0 Å². The summed E-state index contributed by atoms with van der Waals surface area (Å²) in [5.41, 5.74) is 11.1. The van der Waals surface area contributed by atoms with Gasteiger partial charge in [-0.1, -0.05) is 0 Å². The number of hydrogen-bond donors (Lipinski definition) is 0. The zero-order valence-electron chi connectivity index (χ0n) is 23.0. The Balaban J connectivity index is 0.775. The van der Waals surface area contributed by atoms with Crippen LogP contribution in [0.15, 0.2) is 0 Å². The Hall–Kier alpha value is -0.510. The third-order valence-electron chi connectivity index (χ3n) is 30.5. The summed E-state index contributed by atoms with van der Waals surface area (Å²) in [6.07, 6.45) is 4.99. The zero-order valence-corrected chi connectivity index (χ0v) is 23.0. The molecule has 0 amide bonds. The molecule has 24 rings (SSSR count). The lowest BCUT2D eigenvalue weighted by molar-refractivity contribution is -0.929. The number of hydrogen-bond acceptors (Lipinski definition) is 1. The lowest BCUT2D eigenvalue weighted by Gasteiger charge is -3.38. The van der Waals surface area contributed by atoms with Gasteiger partial charge in [0.2, 0.25) is 0 Å². The minimum absolute atomic E-state index is 0.530. The van der Waals surface area contributed by atoms with Crippen molar-refractivity contribution < 1.29 is 0 Å². The third-order valence-corrected chi connectivity index (χ3v) is 30.5. The topological polar surface area (TPSA) is 23.8 Å². The summed E-state index contributed by atoms with van der Waals surface area (Å²) in [5, 5.41) is 10.2. The highest BCUT2D eigenvalue weighted by Crippen LogP contribution is 3.39. The van der Waals surface area contributed by atoms with E-state index in [4.69, 9.17) is 0 Å². The number of fused-ring (bicyclic) bond motifs is 20. The molecule has 24 aliphatic carbocycles. The number of nitriles is 1. The monoisotopic (exact) mass is 525 g/mol. The van der Waals surface area contributed by atoms with E-state index < -0.39 is 0 Å². The molecule has 24 fully saturated rings. The van der Waals surface area contributed by atoms with Gasteiger partial charge in [0.25, 0.3) is 0 Å². The molecule has 24 aliphatic rings. The lowest BCUT2D eigenvalue weighted by atomic mass is 8.65. The molecular formula is C40H31N. The van der Waals surface area contributed by atoms with E-state index in [1.54, 1.807) is 12.8 Å². The normalized spacial score (nSPS) is 119. The largest absolute Gasteiger partial charge is 0.198 e. The molecule has 0 aromatic carbocycles. The van der Waals surface area contributed by atoms with Crippen LogP contribution in [-0.2, 0) is 0 Å². The molecule has 0 aliphatic heterocycles. The van der Waals surface area contributed by atoms with E-state index in [0.29, 0.717) is 5.92 Å². The standard InChI is InChI=1S/C40H31N/c41-4-6-7-3-10-14-18-22-26-28-24-20-16-12-8-1-5-2-9-13-17-21-25-29-27-23-19-15-11(6)31(7,10)33(14,15)35(18,19)37(22,23)39(26,27)40(28,29)38(24,25)36(20,21)34(16,17)32(12,13)30(5,8)9/h5-29H,1-3H2. The Labute approximate surface area is 237 Å². The Morgan fingerprint density at radius 2 is 0.683 bits per heavy atom. The summed E-state index contributed by atoms with van der Waals surface area (Å²) in [7, 11) is 0. The minimum Gasteiger partial charge on any atom is -0.198 e. The Kier molecular flexibility index (Phi) is 1.07. The summed E-state index contributed by atoms with van der Waals surface area (Å²) in [4.78, 5) is 0. The molecule has 24 saturated carbocycles. The zero-order chi connectivity index (χ0) is 23.8. The van der Waals surface area contributed by atoms with Crippen molar-refractivity contribution >= 4 is 0 Å². The smallest absolute Gasteiger partial charge is 0.0662 e. The summed E-state index contributed by atoms with van der Waals surface area (Å²) in [5.74, 6) is 30.8. The maximum Gasteiger partial charge on any atom is 0.0662 e. The van der Waals surface area contributed by atoms with Gasteiger partial charge in [-0.3, -0.25) is 0 Å². The van der Waals surface area contributed by atoms with Gasteiger partial charge in [0.1, 0.15) is 0 Å². The lowest BCUT2D eigenvalue weighted by Crippen LogP contribution is -3.36. The number of nitrogens with zero attached hydrogens (tertiary/aromatic N) is 1. The fraction of sp³-hybridized carbons (Fsp3) is 0.975. The molecule has 41 heavy (non-hydrogen) atoms. The van der Waals surface area contributed by atoms with Gasteiger partial charge in [-0.2, -0.15) is 5.26 Å². The highest BCUT2D eigenvalue weighted by molar-refractivity contribution is 5.83. The van der Waals surface area contributed by atoms with E-state index >= 15 is 0 Å². The third kappa shape index (κ3) is 0.493. The van der Waals surface area contributed by atoms with Crippen LogP contribution in [0.5, 0.6) is 0 Å². The molecule has 0 saturated heterocycles. The van der Waals surface area contributed by atoms with Crippen LogP contribution in [0.25, 0.3) is 0 Å². The second kappa shape index (κ2) is 2.80. The highest BCUT2D eigenvalue weighted by Gasteiger charge is 3.38. The molecule has 1 nitrogen and oxygen atoms in total. The number of rotatable bonds is 0. The summed E-state index contributed by atoms with van der Waals surface area (Å²) in [6.45, 7) is 0. The van der Waals surface area contributed by atoms with Crippen LogP contribution in [0.1, 0.15) is 19.3 Å². The van der Waals surface area contributed by atoms with Gasteiger partial charge >= 0.3 is 0 Å². The van der Waals surface area contributed by atoms with Gasteiger partial charge in [-0.25, -0.2) is 0 Å². The quantitative estimate of drug-likeness (QED) is 0.464. The van der Waals surface area contributed by atoms with Gasteiger partial charge in [0.05, 0.1) is 12.0 Å². The molecule has 0 heterocycles. The van der Waals surface area contributed by atoms with E-state index in [-0.39, 0.29) is 0 Å². The van der Waals surface area contributed by atoms with Crippen molar-refractivity contribution in [3.63, 3.8) is 0 Å². The van der Waals surface area contributed by atoms with Crippen LogP contribution in [-0.4, -0.2) is 0 Å². The van der Waals surface area contributed by atoms with Gasteiger partial charge in [0, 0.05) is 0 Å². The van der Waals surface area contributed by atoms with Gasteiger partial charge in [-0.15, -0.1) is 0 Å². The van der Waals surface area contributed by atoms with Crippen molar-refractivity contribution in [1.29, 1.82) is 5.26 Å². The SMILES string of the molecule is N#CC1C2CC3C4C5C6C7C8C9C%10C%11C%12C%13CC%14CC%15C%16C%17C%18C%19C%20C%21C%22C%23C%24C1C23C4%24C5%23C6%22C7%21C8%20C9%19C%10%18C%11%17C%12%16C%14%13%15. The van der Waals surface area contributed by atoms with Crippen molar-refractivity contribution in [3.05, 3.63) is 0 Å². The molecule has 11 spiro atoms. The van der Waals surface area contributed by atoms with Crippen LogP contribution >= 0.6 is 0 Å². The van der Waals surface area contributed by atoms with Crippen molar-refractivity contribution in [2.45, 2.75) is 19.3 Å². The van der Waals surface area contributed by atoms with Gasteiger partial charge in [0.15, 0.2) is 0 Å². The van der Waals surface area contributed by atoms with Crippen LogP contribution < -0.4 is 0 Å². The molecule has 0 radical (unpaired) electrons. The maximum atomic E-state index is 10.2. The Bertz CT molecular complexity index is 2170. The first kappa shape index (κ1) is 15.7. The Morgan fingerprint density at radius 1 is 0.341 bits per heavy atom. The van der Waals surface area contributed by atoms with Gasteiger partial charge in [-0.05, 0) is 221 Å². The molecule has 1 heteroatoms. The second-order valence-electron chi connectivity index (χ2n) is 24.2. The molecular weight excluding hydrogens is 494 g/mol. The summed E-state index contributed by atoms with van der Waals surface area (Å²) >= 11 is 0. The molecule has 0 N–H and O–H groups in total. The molecule has 36 unspecified atom stereocenters. The van der Waals surface area contributed by atoms with E-state index in [2.05, 4.69) is 6.07 Å². The second-order valence-corrected chi connectivity index (χ2v) is 24.2. The molecule has 0 aromatic heterocycles. The average Bonchev–Trinajstić information content (AvgIpc) is 2.84. The van der Waals surface area contributed by atoms with E-state index in [9.17, 15) is 5.26 Å². The Morgan fingerprint density at radius 3 is 1.10 bits per heavy atom. The van der Waals surface area contributed by atoms with Crippen molar-refractivity contribution in [2.24, 2.45) is 208 Å². The van der Waals surface area contributed by atoms with E-state index in [1.165, 1.54) is 125 Å². The predicted molar refractivity (Wildman–Crippen MR) is 133 cm³/mol. The van der Waals surface area contributed by atoms with Crippen molar-refractivity contribution in [1.82, 2.24) is 0 Å². The molecule has 0 bridgehead atoms. The van der Waals surface area contributed by atoms with Crippen LogP contribution in [0.4, 0.5) is 0 Å². The van der Waals surface area contributed by atoms with Crippen LogP contribution in [0.2, 0.25) is 0 Å². The fourth-order valence-electron chi connectivity index (χ4n) is 35.6. The average molecular weight is 526 g/mol. The summed E-state index contributed by atoms with van der Waals surface area (Å²) < 4.78 is 0. The molecule has 0 aromatic rings. The van der Waals surface area contributed by atoms with Crippen molar-refractivity contribution in [2.75, 3.05) is 0 Å². The maximum absolute atomic E-state index is 10.2. The first-order valence-electron chi connectivity index (χ1n) is 19.7. The first-order valence-corrected chi connectivity index (χ1v) is 19.7. The van der Waals surface area contributed by atoms with E-state index in [0.717, 1.165) is 83.2 Å². The fourth-order valence-corrected chi connectivity index (χ4v) is 35.6. The minimum atomic E-state index is 0.530. The van der Waals surface area contributed by atoms with Crippen molar-refractivity contribution in [3.8, 4) is 6.07 Å². The molecule has 36 atom stereocenters. The van der Waals surface area contributed by atoms with E-state index in [1.807, 2.05) is 0 Å². The first-order chi connectivity index (χ1) is 20.3. The summed E-state index contributed by atoms with van der Waals surface area (Å²) in [6, 6.07) is 2.95. The van der Waals surface area contributed by atoms with Crippen LogP contribution in [0, 0.1) is 219 Å². The molecule has 196 valence electrons.